The molecular weight excluding hydrogens is 226 g/mol. The van der Waals surface area contributed by atoms with Crippen LogP contribution in [0, 0.1) is 11.6 Å². The summed E-state index contributed by atoms with van der Waals surface area (Å²) in [5, 5.41) is 8.06. The molecule has 0 bridgehead atoms. The molecule has 2 nitrogen and oxygen atoms in total. The number of hydrogen-bond donors (Lipinski definition) is 1. The second-order valence-electron chi connectivity index (χ2n) is 3.01. The van der Waals surface area contributed by atoms with Crippen molar-refractivity contribution in [2.24, 2.45) is 0 Å². The smallest absolute Gasteiger partial charge is 0.186 e. The number of rotatable bonds is 4. The molecule has 1 aromatic carbocycles. The van der Waals surface area contributed by atoms with Crippen LogP contribution in [0.15, 0.2) is 6.07 Å². The first-order chi connectivity index (χ1) is 7.11. The van der Waals surface area contributed by atoms with Gasteiger partial charge in [-0.3, -0.25) is 0 Å². The molecule has 1 N–H and O–H groups in total. The van der Waals surface area contributed by atoms with Crippen LogP contribution in [0.4, 0.5) is 8.78 Å². The Bertz CT molecular complexity index is 356. The third kappa shape index (κ3) is 2.58. The molecule has 0 aromatic heterocycles. The summed E-state index contributed by atoms with van der Waals surface area (Å²) in [7, 11) is 1.29. The molecule has 0 saturated carbocycles. The van der Waals surface area contributed by atoms with Gasteiger partial charge in [-0.25, -0.2) is 8.78 Å². The number of aryl methyl sites for hydroxylation is 1. The zero-order chi connectivity index (χ0) is 11.4. The maximum Gasteiger partial charge on any atom is 0.186 e. The average molecular weight is 237 g/mol. The van der Waals surface area contributed by atoms with E-state index in [0.717, 1.165) is 6.07 Å². The van der Waals surface area contributed by atoms with E-state index in [1.807, 2.05) is 0 Å². The van der Waals surface area contributed by atoms with E-state index >= 15 is 0 Å². The van der Waals surface area contributed by atoms with Gasteiger partial charge in [-0.2, -0.15) is 0 Å². The largest absolute Gasteiger partial charge is 0.493 e. The molecule has 0 amide bonds. The summed E-state index contributed by atoms with van der Waals surface area (Å²) >= 11 is 5.39. The quantitative estimate of drug-likeness (QED) is 0.815. The van der Waals surface area contributed by atoms with Crippen molar-refractivity contribution in [3.05, 3.63) is 28.3 Å². The van der Waals surface area contributed by atoms with Crippen LogP contribution in [-0.2, 0) is 6.42 Å². The number of hydrogen-bond acceptors (Lipinski definition) is 2. The van der Waals surface area contributed by atoms with Gasteiger partial charge < -0.3 is 9.84 Å². The average Bonchev–Trinajstić information content (AvgIpc) is 2.23. The molecule has 0 atom stereocenters. The molecule has 0 radical (unpaired) electrons. The summed E-state index contributed by atoms with van der Waals surface area (Å²) in [5.74, 6) is -1.77. The normalized spacial score (nSPS) is 10.5. The summed E-state index contributed by atoms with van der Waals surface area (Å²) in [5.41, 5.74) is 0.367. The molecule has 0 fully saturated rings. The van der Waals surface area contributed by atoms with Crippen molar-refractivity contribution in [3.8, 4) is 5.75 Å². The third-order valence-electron chi connectivity index (χ3n) is 2.00. The Labute approximate surface area is 91.4 Å². The van der Waals surface area contributed by atoms with Crippen molar-refractivity contribution >= 4 is 11.6 Å². The van der Waals surface area contributed by atoms with E-state index in [0.29, 0.717) is 18.4 Å². The van der Waals surface area contributed by atoms with Gasteiger partial charge in [0.05, 0.1) is 7.11 Å². The molecule has 1 rings (SSSR count). The highest BCUT2D eigenvalue weighted by Gasteiger charge is 2.17. The van der Waals surface area contributed by atoms with E-state index in [4.69, 9.17) is 21.4 Å². The second kappa shape index (κ2) is 5.28. The number of ether oxygens (including phenoxy) is 1. The van der Waals surface area contributed by atoms with Gasteiger partial charge in [0.2, 0.25) is 0 Å². The number of aliphatic hydroxyl groups is 1. The standard InChI is InChI=1S/C10H11ClF2O2/c1-15-10-6(3-2-4-14)5-7(12)8(11)9(10)13/h5,14H,2-4H2,1H3. The first-order valence-corrected chi connectivity index (χ1v) is 4.80. The zero-order valence-electron chi connectivity index (χ0n) is 8.19. The van der Waals surface area contributed by atoms with Gasteiger partial charge in [0.15, 0.2) is 11.6 Å². The lowest BCUT2D eigenvalue weighted by Gasteiger charge is -2.10. The number of benzene rings is 1. The highest BCUT2D eigenvalue weighted by atomic mass is 35.5. The molecule has 0 aliphatic carbocycles. The highest BCUT2D eigenvalue weighted by Crippen LogP contribution is 2.31. The molecule has 0 aliphatic heterocycles. The number of methoxy groups -OCH3 is 1. The Hall–Kier alpha value is -0.870. The molecule has 0 spiro atoms. The Morgan fingerprint density at radius 1 is 1.47 bits per heavy atom. The molecule has 0 aliphatic rings. The molecule has 0 unspecified atom stereocenters. The Kier molecular flexibility index (Phi) is 4.29. The summed E-state index contributed by atoms with van der Waals surface area (Å²) in [6, 6.07) is 1.12. The van der Waals surface area contributed by atoms with Crippen LogP contribution in [0.3, 0.4) is 0 Å². The van der Waals surface area contributed by atoms with E-state index < -0.39 is 16.7 Å². The van der Waals surface area contributed by atoms with Crippen LogP contribution in [-0.4, -0.2) is 18.8 Å². The van der Waals surface area contributed by atoms with Gasteiger partial charge in [0.1, 0.15) is 10.8 Å². The van der Waals surface area contributed by atoms with Crippen LogP contribution in [0.5, 0.6) is 5.75 Å². The minimum absolute atomic E-state index is 0.0466. The van der Waals surface area contributed by atoms with Gasteiger partial charge in [0.25, 0.3) is 0 Å². The minimum Gasteiger partial charge on any atom is -0.493 e. The van der Waals surface area contributed by atoms with E-state index in [2.05, 4.69) is 0 Å². The molecule has 1 aromatic rings. The lowest BCUT2D eigenvalue weighted by atomic mass is 10.1. The van der Waals surface area contributed by atoms with Crippen LogP contribution in [0.1, 0.15) is 12.0 Å². The summed E-state index contributed by atoms with van der Waals surface area (Å²) in [4.78, 5) is 0. The van der Waals surface area contributed by atoms with Crippen molar-refractivity contribution < 1.29 is 18.6 Å². The molecular formula is C10H11ClF2O2. The Morgan fingerprint density at radius 3 is 2.67 bits per heavy atom. The fourth-order valence-corrected chi connectivity index (χ4v) is 1.44. The van der Waals surface area contributed by atoms with Crippen LogP contribution in [0.25, 0.3) is 0 Å². The van der Waals surface area contributed by atoms with E-state index in [1.54, 1.807) is 0 Å². The van der Waals surface area contributed by atoms with Crippen molar-refractivity contribution in [1.82, 2.24) is 0 Å². The van der Waals surface area contributed by atoms with Gasteiger partial charge in [0, 0.05) is 12.2 Å². The van der Waals surface area contributed by atoms with Crippen LogP contribution < -0.4 is 4.74 Å². The zero-order valence-corrected chi connectivity index (χ0v) is 8.94. The second-order valence-corrected chi connectivity index (χ2v) is 3.38. The van der Waals surface area contributed by atoms with Crippen molar-refractivity contribution in [3.63, 3.8) is 0 Å². The number of halogens is 3. The third-order valence-corrected chi connectivity index (χ3v) is 2.35. The lowest BCUT2D eigenvalue weighted by Crippen LogP contribution is -2.00. The van der Waals surface area contributed by atoms with Gasteiger partial charge in [-0.05, 0) is 18.9 Å². The van der Waals surface area contributed by atoms with Crippen molar-refractivity contribution in [2.75, 3.05) is 13.7 Å². The first kappa shape index (κ1) is 12.2. The molecule has 84 valence electrons. The molecule has 15 heavy (non-hydrogen) atoms. The van der Waals surface area contributed by atoms with Crippen molar-refractivity contribution in [1.29, 1.82) is 0 Å². The predicted molar refractivity (Wildman–Crippen MR) is 53.3 cm³/mol. The van der Waals surface area contributed by atoms with E-state index in [-0.39, 0.29) is 12.4 Å². The maximum atomic E-state index is 13.4. The fourth-order valence-electron chi connectivity index (χ4n) is 1.30. The highest BCUT2D eigenvalue weighted by molar-refractivity contribution is 6.31. The predicted octanol–water partition coefficient (Wildman–Crippen LogP) is 2.55. The van der Waals surface area contributed by atoms with Gasteiger partial charge in [-0.1, -0.05) is 11.6 Å². The van der Waals surface area contributed by atoms with E-state index in [1.165, 1.54) is 7.11 Å². The first-order valence-electron chi connectivity index (χ1n) is 4.43. The molecule has 0 heterocycles. The maximum absolute atomic E-state index is 13.4. The topological polar surface area (TPSA) is 29.5 Å². The molecule has 5 heteroatoms. The van der Waals surface area contributed by atoms with Gasteiger partial charge in [-0.15, -0.1) is 0 Å². The SMILES string of the molecule is COc1c(CCCO)cc(F)c(Cl)c1F. The fraction of sp³-hybridized carbons (Fsp3) is 0.400. The summed E-state index contributed by atoms with van der Waals surface area (Å²) in [6.07, 6.45) is 0.752. The minimum atomic E-state index is -0.896. The van der Waals surface area contributed by atoms with Crippen LogP contribution >= 0.6 is 11.6 Å². The molecule has 0 saturated heterocycles. The van der Waals surface area contributed by atoms with Gasteiger partial charge >= 0.3 is 0 Å². The monoisotopic (exact) mass is 236 g/mol. The Balaban J connectivity index is 3.13. The van der Waals surface area contributed by atoms with E-state index in [9.17, 15) is 8.78 Å². The Morgan fingerprint density at radius 2 is 2.13 bits per heavy atom. The summed E-state index contributed by atoms with van der Waals surface area (Å²) in [6.45, 7) is -0.0466. The number of aliphatic hydroxyl groups excluding tert-OH is 1. The van der Waals surface area contributed by atoms with Crippen LogP contribution in [0.2, 0.25) is 5.02 Å². The van der Waals surface area contributed by atoms with Crippen molar-refractivity contribution in [2.45, 2.75) is 12.8 Å². The summed E-state index contributed by atoms with van der Waals surface area (Å²) < 4.78 is 31.3. The lowest BCUT2D eigenvalue weighted by molar-refractivity contribution is 0.287.